The van der Waals surface area contributed by atoms with Crippen molar-refractivity contribution in [2.75, 3.05) is 56.6 Å². The van der Waals surface area contributed by atoms with Gasteiger partial charge >= 0.3 is 18.1 Å². The Kier molecular flexibility index (Phi) is 12.0. The summed E-state index contributed by atoms with van der Waals surface area (Å²) in [6.07, 6.45) is -5.38. The van der Waals surface area contributed by atoms with E-state index in [1.807, 2.05) is 59.5 Å². The van der Waals surface area contributed by atoms with Crippen molar-refractivity contribution >= 4 is 34.9 Å². The second kappa shape index (κ2) is 17.1. The van der Waals surface area contributed by atoms with Crippen molar-refractivity contribution in [3.63, 3.8) is 0 Å². The first-order valence-electron chi connectivity index (χ1n) is 19.4. The lowest BCUT2D eigenvalue weighted by atomic mass is 9.91. The largest absolute Gasteiger partial charge is 0.497 e. The van der Waals surface area contributed by atoms with Crippen LogP contribution in [0.3, 0.4) is 0 Å². The molecule has 2 unspecified atom stereocenters. The predicted molar refractivity (Wildman–Crippen MR) is 206 cm³/mol. The van der Waals surface area contributed by atoms with E-state index in [1.165, 1.54) is 6.33 Å². The van der Waals surface area contributed by atoms with Gasteiger partial charge < -0.3 is 50.6 Å². The van der Waals surface area contributed by atoms with E-state index in [0.717, 1.165) is 29.8 Å². The van der Waals surface area contributed by atoms with E-state index in [-0.39, 0.29) is 49.1 Å². The van der Waals surface area contributed by atoms with Gasteiger partial charge in [0.15, 0.2) is 17.0 Å². The molecule has 4 aromatic rings. The van der Waals surface area contributed by atoms with E-state index in [9.17, 15) is 33.0 Å². The Morgan fingerprint density at radius 2 is 1.75 bits per heavy atom. The summed E-state index contributed by atoms with van der Waals surface area (Å²) in [7, 11) is 1.61. The highest BCUT2D eigenvalue weighted by atomic mass is 19.4. The van der Waals surface area contributed by atoms with Crippen molar-refractivity contribution in [2.24, 2.45) is 0 Å². The molecule has 15 nitrogen and oxygen atoms in total. The molecule has 0 radical (unpaired) electrons. The Hall–Kier alpha value is -5.20. The van der Waals surface area contributed by atoms with Crippen LogP contribution in [0, 0.1) is 0 Å². The highest BCUT2D eigenvalue weighted by molar-refractivity contribution is 5.85. The predicted octanol–water partition coefficient (Wildman–Crippen LogP) is 3.15. The third-order valence-corrected chi connectivity index (χ3v) is 11.2. The normalized spacial score (nSPS) is 24.1. The Morgan fingerprint density at radius 3 is 2.44 bits per heavy atom. The Morgan fingerprint density at radius 1 is 1.02 bits per heavy atom. The molecule has 1 aliphatic carbocycles. The first-order chi connectivity index (χ1) is 27.4. The molecular weight excluding hydrogens is 745 g/mol. The Bertz CT molecular complexity index is 2000. The van der Waals surface area contributed by atoms with E-state index in [2.05, 4.69) is 26.3 Å². The molecule has 306 valence electrons. The fourth-order valence-electron chi connectivity index (χ4n) is 8.20. The fraction of sp³-hybridized carbons (Fsp3) is 0.513. The number of rotatable bonds is 13. The van der Waals surface area contributed by atoms with Gasteiger partial charge in [0.05, 0.1) is 25.5 Å². The molecule has 4 heterocycles. The smallest absolute Gasteiger partial charge is 0.471 e. The lowest BCUT2D eigenvalue weighted by molar-refractivity contribution is -0.190. The molecule has 6 N–H and O–H groups in total. The number of hydrogen-bond acceptors (Lipinski definition) is 11. The number of benzene rings is 2. The van der Waals surface area contributed by atoms with E-state index in [1.54, 1.807) is 18.6 Å². The molecule has 2 aromatic carbocycles. The average Bonchev–Trinajstić information content (AvgIpc) is 4.03. The number of methoxy groups -OCH3 is 1. The fourth-order valence-corrected chi connectivity index (χ4v) is 8.20. The van der Waals surface area contributed by atoms with Gasteiger partial charge in [-0.2, -0.15) is 23.1 Å². The van der Waals surface area contributed by atoms with E-state index in [0.29, 0.717) is 54.8 Å². The van der Waals surface area contributed by atoms with Crippen molar-refractivity contribution in [3.8, 4) is 5.75 Å². The van der Waals surface area contributed by atoms with Crippen LogP contribution in [-0.2, 0) is 4.79 Å². The number of hydrogen-bond donors (Lipinski definition) is 6. The van der Waals surface area contributed by atoms with Gasteiger partial charge in [-0.25, -0.2) is 9.78 Å². The number of anilines is 2. The SMILES string of the molecule is CCCN(C(=O)C(F)(F)F)[C@H]1C[C@@H](n2cnc3c(NCC(c4ccccc4)c4ccc(OC)cc4)nc(N4CC[C@@H](NC(=O)NC5CCNC5)C4)nc32)[C@H](O)[C@@H]1O. The van der Waals surface area contributed by atoms with Crippen molar-refractivity contribution in [1.29, 1.82) is 0 Å². The van der Waals surface area contributed by atoms with Gasteiger partial charge in [0.2, 0.25) is 5.95 Å². The number of fused-ring (bicyclic) bond motifs is 1. The number of imidazole rings is 1. The standard InChI is InChI=1S/C39H49F3N10O5/c1-3-16-51(36(55)39(40,41)42)29-18-30(33(54)32(29)53)52-22-45-31-34(44-20-28(23-7-5-4-6-8-23)24-9-11-27(57-2)12-10-24)48-37(49-35(31)52)50-17-14-26(21-50)47-38(56)46-25-13-15-43-19-25/h4-12,22,25-26,28-30,32-33,43,53-54H,3,13-21H2,1-2H3,(H,44,48,49)(H2,46,47,56)/t25?,26-,28?,29+,30-,32-,33+/m1/s1. The number of aliphatic hydroxyl groups is 2. The molecule has 7 rings (SSSR count). The van der Waals surface area contributed by atoms with Gasteiger partial charge in [-0.3, -0.25) is 4.79 Å². The summed E-state index contributed by atoms with van der Waals surface area (Å²) >= 11 is 0. The number of aliphatic hydroxyl groups excluding tert-OH is 2. The minimum Gasteiger partial charge on any atom is -0.497 e. The van der Waals surface area contributed by atoms with Gasteiger partial charge in [0.25, 0.3) is 0 Å². The lowest BCUT2D eigenvalue weighted by Gasteiger charge is -2.31. The molecule has 3 aliphatic rings. The van der Waals surface area contributed by atoms with Crippen molar-refractivity contribution in [1.82, 2.24) is 40.4 Å². The van der Waals surface area contributed by atoms with Gasteiger partial charge in [0, 0.05) is 50.7 Å². The molecule has 57 heavy (non-hydrogen) atoms. The van der Waals surface area contributed by atoms with Crippen LogP contribution < -0.4 is 30.9 Å². The number of carbonyl (C=O) groups is 2. The minimum atomic E-state index is -5.15. The van der Waals surface area contributed by atoms with E-state index in [4.69, 9.17) is 14.7 Å². The van der Waals surface area contributed by atoms with Crippen LogP contribution in [0.15, 0.2) is 60.9 Å². The summed E-state index contributed by atoms with van der Waals surface area (Å²) in [5.74, 6) is -0.773. The Labute approximate surface area is 328 Å². The number of alkyl halides is 3. The summed E-state index contributed by atoms with van der Waals surface area (Å²) in [4.78, 5) is 42.3. The third-order valence-electron chi connectivity index (χ3n) is 11.2. The molecular formula is C39H49F3N10O5. The number of nitrogens with zero attached hydrogens (tertiary/aromatic N) is 6. The number of ether oxygens (including phenoxy) is 1. The van der Waals surface area contributed by atoms with Crippen LogP contribution in [0.25, 0.3) is 11.2 Å². The number of urea groups is 1. The summed E-state index contributed by atoms with van der Waals surface area (Å²) in [5.41, 5.74) is 2.70. The first-order valence-corrected chi connectivity index (χ1v) is 19.4. The van der Waals surface area contributed by atoms with Crippen LogP contribution in [-0.4, -0.2) is 129 Å². The zero-order valence-electron chi connectivity index (χ0n) is 31.8. The van der Waals surface area contributed by atoms with Crippen LogP contribution in [0.2, 0.25) is 0 Å². The number of nitrogens with one attached hydrogen (secondary N) is 4. The van der Waals surface area contributed by atoms with Crippen LogP contribution >= 0.6 is 0 Å². The van der Waals surface area contributed by atoms with E-state index >= 15 is 0 Å². The van der Waals surface area contributed by atoms with Gasteiger partial charge in [-0.1, -0.05) is 49.4 Å². The maximum atomic E-state index is 13.7. The maximum absolute atomic E-state index is 13.7. The zero-order chi connectivity index (χ0) is 40.3. The molecule has 1 saturated carbocycles. The van der Waals surface area contributed by atoms with Gasteiger partial charge in [-0.05, 0) is 55.5 Å². The van der Waals surface area contributed by atoms with Crippen molar-refractivity contribution in [2.45, 2.75) is 81.1 Å². The number of halogens is 3. The summed E-state index contributed by atoms with van der Waals surface area (Å²) in [5, 5.41) is 35.3. The topological polar surface area (TPSA) is 182 Å². The van der Waals surface area contributed by atoms with Crippen molar-refractivity contribution < 1.29 is 37.7 Å². The second-order valence-corrected chi connectivity index (χ2v) is 14.9. The molecule has 3 amide bonds. The second-order valence-electron chi connectivity index (χ2n) is 14.9. The molecule has 18 heteroatoms. The Balaban J connectivity index is 1.21. The third kappa shape index (κ3) is 8.72. The number of amides is 3. The van der Waals surface area contributed by atoms with Crippen LogP contribution in [0.4, 0.5) is 29.7 Å². The molecule has 2 aromatic heterocycles. The quantitative estimate of drug-likeness (QED) is 0.117. The van der Waals surface area contributed by atoms with Gasteiger partial charge in [-0.15, -0.1) is 0 Å². The van der Waals surface area contributed by atoms with Crippen molar-refractivity contribution in [3.05, 3.63) is 72.1 Å². The molecule has 0 bridgehead atoms. The molecule has 2 aliphatic heterocycles. The monoisotopic (exact) mass is 794 g/mol. The van der Waals surface area contributed by atoms with Crippen LogP contribution in [0.1, 0.15) is 55.7 Å². The highest BCUT2D eigenvalue weighted by Gasteiger charge is 2.51. The zero-order valence-corrected chi connectivity index (χ0v) is 31.8. The molecule has 2 saturated heterocycles. The summed E-state index contributed by atoms with van der Waals surface area (Å²) < 4.78 is 48.0. The minimum absolute atomic E-state index is 0.0597. The molecule has 7 atom stereocenters. The number of carbonyl (C=O) groups excluding carboxylic acids is 2. The number of aromatic nitrogens is 4. The van der Waals surface area contributed by atoms with Crippen LogP contribution in [0.5, 0.6) is 5.75 Å². The highest BCUT2D eigenvalue weighted by Crippen LogP contribution is 2.38. The summed E-state index contributed by atoms with van der Waals surface area (Å²) in [6, 6.07) is 15.1. The first kappa shape index (κ1) is 40.0. The summed E-state index contributed by atoms with van der Waals surface area (Å²) in [6.45, 7) is 4.26. The average molecular weight is 795 g/mol. The van der Waals surface area contributed by atoms with Gasteiger partial charge in [0.1, 0.15) is 18.0 Å². The molecule has 3 fully saturated rings. The van der Waals surface area contributed by atoms with E-state index < -0.39 is 36.4 Å². The molecule has 0 spiro atoms. The lowest BCUT2D eigenvalue weighted by Crippen LogP contribution is -2.51. The maximum Gasteiger partial charge on any atom is 0.471 e.